The quantitative estimate of drug-likeness (QED) is 0.660. The van der Waals surface area contributed by atoms with Gasteiger partial charge in [-0.3, -0.25) is 9.59 Å². The van der Waals surface area contributed by atoms with Gasteiger partial charge in [0.05, 0.1) is 12.6 Å². The van der Waals surface area contributed by atoms with Crippen molar-refractivity contribution in [3.05, 3.63) is 64.4 Å². The maximum atomic E-state index is 12.6. The van der Waals surface area contributed by atoms with Crippen molar-refractivity contribution in [1.82, 2.24) is 4.57 Å². The summed E-state index contributed by atoms with van der Waals surface area (Å²) in [7, 11) is 3.04. The number of ether oxygens (including phenoxy) is 3. The van der Waals surface area contributed by atoms with Gasteiger partial charge >= 0.3 is 5.97 Å². The van der Waals surface area contributed by atoms with Crippen LogP contribution in [0.1, 0.15) is 12.5 Å². The highest BCUT2D eigenvalue weighted by Gasteiger charge is 2.19. The molecule has 0 spiro atoms. The molecule has 0 atom stereocenters. The Balaban J connectivity index is 2.03. The largest absolute Gasteiger partial charge is 0.492 e. The molecular formula is C20H19NO5. The van der Waals surface area contributed by atoms with E-state index < -0.39 is 11.5 Å². The van der Waals surface area contributed by atoms with Crippen molar-refractivity contribution in [2.24, 2.45) is 7.05 Å². The van der Waals surface area contributed by atoms with Crippen LogP contribution in [-0.4, -0.2) is 17.6 Å². The van der Waals surface area contributed by atoms with Crippen LogP contribution in [0.15, 0.2) is 53.3 Å². The zero-order valence-corrected chi connectivity index (χ0v) is 14.8. The molecule has 0 aliphatic carbocycles. The second-order valence-corrected chi connectivity index (χ2v) is 5.77. The van der Waals surface area contributed by atoms with E-state index in [9.17, 15) is 9.59 Å². The van der Waals surface area contributed by atoms with Gasteiger partial charge in [-0.2, -0.15) is 0 Å². The maximum absolute atomic E-state index is 12.6. The Morgan fingerprint density at radius 2 is 1.81 bits per heavy atom. The lowest BCUT2D eigenvalue weighted by Crippen LogP contribution is -2.22. The molecule has 3 rings (SSSR count). The zero-order chi connectivity index (χ0) is 18.7. The molecule has 0 fully saturated rings. The molecule has 0 unspecified atom stereocenters. The third-order valence-corrected chi connectivity index (χ3v) is 3.98. The van der Waals surface area contributed by atoms with Crippen LogP contribution in [0, 0.1) is 0 Å². The van der Waals surface area contributed by atoms with E-state index >= 15 is 0 Å². The summed E-state index contributed by atoms with van der Waals surface area (Å²) in [5.41, 5.74) is 1.21. The second kappa shape index (κ2) is 7.31. The Bertz CT molecular complexity index is 1010. The monoisotopic (exact) mass is 353 g/mol. The summed E-state index contributed by atoms with van der Waals surface area (Å²) in [5, 5.41) is 0.651. The van der Waals surface area contributed by atoms with Gasteiger partial charge in [0.2, 0.25) is 5.75 Å². The Labute approximate surface area is 150 Å². The smallest absolute Gasteiger partial charge is 0.308 e. The number of benzene rings is 2. The van der Waals surface area contributed by atoms with Crippen LogP contribution in [0.25, 0.3) is 10.9 Å². The second-order valence-electron chi connectivity index (χ2n) is 5.77. The molecule has 2 aromatic carbocycles. The predicted molar refractivity (Wildman–Crippen MR) is 97.8 cm³/mol. The lowest BCUT2D eigenvalue weighted by molar-refractivity contribution is -0.132. The molecule has 26 heavy (non-hydrogen) atoms. The average Bonchev–Trinajstić information content (AvgIpc) is 2.65. The lowest BCUT2D eigenvalue weighted by atomic mass is 10.1. The fourth-order valence-electron chi connectivity index (χ4n) is 2.73. The van der Waals surface area contributed by atoms with Gasteiger partial charge in [0, 0.05) is 25.4 Å². The number of fused-ring (bicyclic) bond motifs is 1. The minimum atomic E-state index is -0.581. The minimum Gasteiger partial charge on any atom is -0.492 e. The summed E-state index contributed by atoms with van der Waals surface area (Å²) in [6.07, 6.45) is 0. The van der Waals surface area contributed by atoms with Crippen molar-refractivity contribution in [3.8, 4) is 17.2 Å². The molecule has 6 nitrogen and oxygen atoms in total. The average molecular weight is 353 g/mol. The van der Waals surface area contributed by atoms with Crippen molar-refractivity contribution in [3.63, 3.8) is 0 Å². The summed E-state index contributed by atoms with van der Waals surface area (Å²) >= 11 is 0. The zero-order valence-electron chi connectivity index (χ0n) is 14.8. The molecule has 1 heterocycles. The first-order chi connectivity index (χ1) is 12.5. The van der Waals surface area contributed by atoms with E-state index in [-0.39, 0.29) is 11.5 Å². The molecule has 0 amide bonds. The number of hydrogen-bond acceptors (Lipinski definition) is 5. The number of nitrogens with zero attached hydrogens (tertiary/aromatic N) is 1. The highest BCUT2D eigenvalue weighted by molar-refractivity contribution is 5.89. The first-order valence-electron chi connectivity index (χ1n) is 8.07. The fourth-order valence-corrected chi connectivity index (χ4v) is 2.73. The predicted octanol–water partition coefficient (Wildman–Crippen LogP) is 3.05. The van der Waals surface area contributed by atoms with E-state index in [1.54, 1.807) is 25.2 Å². The van der Waals surface area contributed by atoms with Gasteiger partial charge in [-0.1, -0.05) is 30.3 Å². The van der Waals surface area contributed by atoms with E-state index in [1.807, 2.05) is 30.3 Å². The van der Waals surface area contributed by atoms with E-state index in [0.29, 0.717) is 23.3 Å². The van der Waals surface area contributed by atoms with Crippen LogP contribution in [-0.2, 0) is 18.4 Å². The van der Waals surface area contributed by atoms with Crippen LogP contribution in [0.2, 0.25) is 0 Å². The number of aryl methyl sites for hydroxylation is 1. The standard InChI is InChI=1S/C20H19NO5/c1-13(22)26-19-18(24-3)16-10-9-15(11-17(16)21(2)20(19)23)25-12-14-7-5-4-6-8-14/h4-11H,12H2,1-3H3. The molecule has 0 saturated heterocycles. The molecule has 0 aliphatic heterocycles. The summed E-state index contributed by atoms with van der Waals surface area (Å²) in [5.74, 6) is 0.155. The number of methoxy groups -OCH3 is 1. The Morgan fingerprint density at radius 1 is 1.08 bits per heavy atom. The highest BCUT2D eigenvalue weighted by Crippen LogP contribution is 2.34. The number of rotatable bonds is 5. The first kappa shape index (κ1) is 17.5. The van der Waals surface area contributed by atoms with E-state index in [0.717, 1.165) is 5.56 Å². The Hall–Kier alpha value is -3.28. The number of aromatic nitrogens is 1. The van der Waals surface area contributed by atoms with Crippen LogP contribution < -0.4 is 19.8 Å². The van der Waals surface area contributed by atoms with Gasteiger partial charge in [-0.15, -0.1) is 0 Å². The van der Waals surface area contributed by atoms with Crippen LogP contribution in [0.3, 0.4) is 0 Å². The number of carbonyl (C=O) groups is 1. The number of pyridine rings is 1. The van der Waals surface area contributed by atoms with Crippen molar-refractivity contribution in [2.75, 3.05) is 7.11 Å². The van der Waals surface area contributed by atoms with E-state index in [4.69, 9.17) is 14.2 Å². The maximum Gasteiger partial charge on any atom is 0.308 e. The molecule has 0 radical (unpaired) electrons. The van der Waals surface area contributed by atoms with E-state index in [2.05, 4.69) is 0 Å². The topological polar surface area (TPSA) is 66.8 Å². The number of carbonyl (C=O) groups excluding carboxylic acids is 1. The van der Waals surface area contributed by atoms with Crippen LogP contribution >= 0.6 is 0 Å². The van der Waals surface area contributed by atoms with Crippen molar-refractivity contribution >= 4 is 16.9 Å². The van der Waals surface area contributed by atoms with Gasteiger partial charge in [-0.25, -0.2) is 0 Å². The molecule has 0 bridgehead atoms. The molecule has 0 N–H and O–H groups in total. The SMILES string of the molecule is COc1c(OC(C)=O)c(=O)n(C)c2cc(OCc3ccccc3)ccc12. The Morgan fingerprint density at radius 3 is 2.46 bits per heavy atom. The summed E-state index contributed by atoms with van der Waals surface area (Å²) < 4.78 is 17.6. The van der Waals surface area contributed by atoms with Gasteiger partial charge in [0.1, 0.15) is 12.4 Å². The van der Waals surface area contributed by atoms with Gasteiger partial charge in [-0.05, 0) is 17.7 Å². The highest BCUT2D eigenvalue weighted by atomic mass is 16.6. The van der Waals surface area contributed by atoms with Gasteiger partial charge < -0.3 is 18.8 Å². The molecule has 0 saturated carbocycles. The van der Waals surface area contributed by atoms with Crippen LogP contribution in [0.4, 0.5) is 0 Å². The molecule has 6 heteroatoms. The third kappa shape index (κ3) is 3.39. The normalized spacial score (nSPS) is 10.6. The minimum absolute atomic E-state index is 0.118. The van der Waals surface area contributed by atoms with Crippen molar-refractivity contribution in [2.45, 2.75) is 13.5 Å². The lowest BCUT2D eigenvalue weighted by Gasteiger charge is -2.15. The molecule has 3 aromatic rings. The summed E-state index contributed by atoms with van der Waals surface area (Å²) in [6.45, 7) is 1.66. The molecule has 0 aliphatic rings. The van der Waals surface area contributed by atoms with Crippen LogP contribution in [0.5, 0.6) is 17.2 Å². The van der Waals surface area contributed by atoms with E-state index in [1.165, 1.54) is 18.6 Å². The Kier molecular flexibility index (Phi) is 4.93. The first-order valence-corrected chi connectivity index (χ1v) is 8.07. The third-order valence-electron chi connectivity index (χ3n) is 3.98. The number of hydrogen-bond donors (Lipinski definition) is 0. The summed E-state index contributed by atoms with van der Waals surface area (Å²) in [4.78, 5) is 23.9. The molecule has 134 valence electrons. The van der Waals surface area contributed by atoms with Gasteiger partial charge in [0.25, 0.3) is 5.56 Å². The molecular weight excluding hydrogens is 334 g/mol. The number of esters is 1. The van der Waals surface area contributed by atoms with Crippen molar-refractivity contribution in [1.29, 1.82) is 0 Å². The molecule has 1 aromatic heterocycles. The summed E-state index contributed by atoms with van der Waals surface area (Å²) in [6, 6.07) is 15.1. The van der Waals surface area contributed by atoms with Gasteiger partial charge in [0.15, 0.2) is 5.75 Å². The van der Waals surface area contributed by atoms with Crippen molar-refractivity contribution < 1.29 is 19.0 Å². The fraction of sp³-hybridized carbons (Fsp3) is 0.200.